The first-order valence-electron chi connectivity index (χ1n) is 12.2. The van der Waals surface area contributed by atoms with Crippen molar-refractivity contribution in [1.82, 2.24) is 29.6 Å². The molecule has 2 aromatic carbocycles. The largest absolute Gasteiger partial charge is 0.375 e. The molecule has 0 aliphatic carbocycles. The van der Waals surface area contributed by atoms with Gasteiger partial charge in [-0.25, -0.2) is 14.2 Å². The molecule has 1 aromatic heterocycles. The average Bonchev–Trinajstić information content (AvgIpc) is 3.60. The molecule has 5 rings (SSSR count). The van der Waals surface area contributed by atoms with Gasteiger partial charge in [0.25, 0.3) is 5.91 Å². The lowest BCUT2D eigenvalue weighted by molar-refractivity contribution is -0.123. The van der Waals surface area contributed by atoms with Crippen molar-refractivity contribution < 1.29 is 14.0 Å². The number of benzene rings is 2. The first kappa shape index (κ1) is 25.7. The number of amides is 3. The first-order chi connectivity index (χ1) is 18.3. The van der Waals surface area contributed by atoms with E-state index in [4.69, 9.17) is 5.41 Å². The van der Waals surface area contributed by atoms with Gasteiger partial charge in [-0.1, -0.05) is 23.9 Å². The number of imidazole rings is 1. The summed E-state index contributed by atoms with van der Waals surface area (Å²) in [6.45, 7) is 1.81. The van der Waals surface area contributed by atoms with Crippen LogP contribution in [0.25, 0.3) is 5.69 Å². The predicted molar refractivity (Wildman–Crippen MR) is 143 cm³/mol. The Morgan fingerprint density at radius 1 is 1.13 bits per heavy atom. The van der Waals surface area contributed by atoms with Crippen molar-refractivity contribution in [3.8, 4) is 5.69 Å². The molecule has 2 N–H and O–H groups in total. The maximum absolute atomic E-state index is 13.6. The van der Waals surface area contributed by atoms with Gasteiger partial charge in [-0.15, -0.1) is 0 Å². The Hall–Kier alpha value is -3.96. The van der Waals surface area contributed by atoms with Crippen LogP contribution in [0, 0.1) is 11.2 Å². The summed E-state index contributed by atoms with van der Waals surface area (Å²) in [5.74, 6) is -1.03. The molecule has 1 atom stereocenters. The van der Waals surface area contributed by atoms with E-state index in [0.717, 1.165) is 29.1 Å². The van der Waals surface area contributed by atoms with Gasteiger partial charge in [-0.05, 0) is 62.0 Å². The van der Waals surface area contributed by atoms with Crippen LogP contribution in [-0.2, 0) is 11.3 Å². The average molecular weight is 534 g/mol. The number of likely N-dealkylation sites (tertiary alicyclic amines) is 1. The second-order valence-electron chi connectivity index (χ2n) is 9.32. The summed E-state index contributed by atoms with van der Waals surface area (Å²) >= 11 is 1.23. The molecule has 11 heteroatoms. The zero-order valence-corrected chi connectivity index (χ0v) is 21.9. The highest BCUT2D eigenvalue weighted by atomic mass is 32.2. The van der Waals surface area contributed by atoms with Crippen molar-refractivity contribution in [2.45, 2.75) is 23.9 Å². The van der Waals surface area contributed by atoms with E-state index in [0.29, 0.717) is 23.0 Å². The fourth-order valence-electron chi connectivity index (χ4n) is 4.58. The third kappa shape index (κ3) is 5.20. The normalized spacial score (nSPS) is 19.9. The molecular weight excluding hydrogens is 505 g/mol. The highest BCUT2D eigenvalue weighted by molar-refractivity contribution is 8.03. The Balaban J connectivity index is 1.47. The van der Waals surface area contributed by atoms with Crippen LogP contribution in [0.5, 0.6) is 0 Å². The smallest absolute Gasteiger partial charge is 0.332 e. The van der Waals surface area contributed by atoms with E-state index in [1.165, 1.54) is 35.8 Å². The van der Waals surface area contributed by atoms with Crippen LogP contribution >= 0.6 is 11.8 Å². The molecule has 1 unspecified atom stereocenters. The lowest BCUT2D eigenvalue weighted by Crippen LogP contribution is -2.59. The molecule has 0 radical (unpaired) electrons. The number of nitrogens with one attached hydrogen (secondary N) is 2. The van der Waals surface area contributed by atoms with Gasteiger partial charge in [0.2, 0.25) is 0 Å². The molecule has 2 aliphatic rings. The second-order valence-corrected chi connectivity index (χ2v) is 10.4. The fourth-order valence-corrected chi connectivity index (χ4v) is 5.51. The summed E-state index contributed by atoms with van der Waals surface area (Å²) in [5.41, 5.74) is 2.04. The maximum atomic E-state index is 13.6. The number of amidine groups is 1. The molecule has 2 saturated heterocycles. The number of imide groups is 1. The summed E-state index contributed by atoms with van der Waals surface area (Å²) in [4.78, 5) is 35.8. The number of urea groups is 1. The van der Waals surface area contributed by atoms with Gasteiger partial charge in [0.1, 0.15) is 17.2 Å². The van der Waals surface area contributed by atoms with Gasteiger partial charge in [-0.2, -0.15) is 0 Å². The molecule has 0 spiro atoms. The quantitative estimate of drug-likeness (QED) is 0.355. The van der Waals surface area contributed by atoms with Gasteiger partial charge in [0, 0.05) is 43.1 Å². The molecule has 3 heterocycles. The standard InChI is InChI=1S/C27H28FN7O2S/c1-32-13-11-21(16-32)35-24(29)23(26(36)33(2)27(35)37)25(38-22-9-5-19(28)6-10-22)31-15-18-3-7-20(8-4-18)34-14-12-30-17-34/h3-10,12,14,17,21,29,31H,11,13,15-16H2,1-2H3/b25-23-,29-24?. The number of carbonyl (C=O) groups is 2. The minimum atomic E-state index is -0.546. The van der Waals surface area contributed by atoms with Crippen LogP contribution in [-0.4, -0.2) is 75.3 Å². The Labute approximate surface area is 224 Å². The number of likely N-dealkylation sites (N-methyl/N-ethyl adjacent to an activating group) is 2. The molecular formula is C27H28FN7O2S. The van der Waals surface area contributed by atoms with Crippen molar-refractivity contribution in [3.05, 3.63) is 89.2 Å². The van der Waals surface area contributed by atoms with E-state index in [1.807, 2.05) is 42.1 Å². The number of carbonyl (C=O) groups excluding carboxylic acids is 2. The first-order valence-corrected chi connectivity index (χ1v) is 13.0. The van der Waals surface area contributed by atoms with Crippen LogP contribution in [0.15, 0.2) is 82.7 Å². The van der Waals surface area contributed by atoms with Crippen LogP contribution in [0.2, 0.25) is 0 Å². The molecule has 3 aromatic rings. The van der Waals surface area contributed by atoms with Crippen molar-refractivity contribution >= 4 is 29.5 Å². The number of nitrogens with zero attached hydrogens (tertiary/aromatic N) is 5. The van der Waals surface area contributed by atoms with Crippen LogP contribution in [0.3, 0.4) is 0 Å². The summed E-state index contributed by atoms with van der Waals surface area (Å²) in [7, 11) is 3.41. The zero-order valence-electron chi connectivity index (χ0n) is 21.1. The maximum Gasteiger partial charge on any atom is 0.332 e. The highest BCUT2D eigenvalue weighted by Gasteiger charge is 2.44. The third-order valence-electron chi connectivity index (χ3n) is 6.67. The summed E-state index contributed by atoms with van der Waals surface area (Å²) in [5, 5.41) is 12.7. The van der Waals surface area contributed by atoms with Gasteiger partial charge < -0.3 is 14.8 Å². The second kappa shape index (κ2) is 10.8. The Bertz CT molecular complexity index is 1370. The molecule has 2 fully saturated rings. The number of aromatic nitrogens is 2. The van der Waals surface area contributed by atoms with Crippen molar-refractivity contribution in [2.24, 2.45) is 0 Å². The topological polar surface area (TPSA) is 97.6 Å². The fraction of sp³-hybridized carbons (Fsp3) is 0.259. The highest BCUT2D eigenvalue weighted by Crippen LogP contribution is 2.32. The number of rotatable bonds is 7. The van der Waals surface area contributed by atoms with E-state index in [-0.39, 0.29) is 23.3 Å². The minimum Gasteiger partial charge on any atom is -0.375 e. The molecule has 196 valence electrons. The van der Waals surface area contributed by atoms with Crippen molar-refractivity contribution in [3.63, 3.8) is 0 Å². The predicted octanol–water partition coefficient (Wildman–Crippen LogP) is 3.68. The molecule has 9 nitrogen and oxygen atoms in total. The Morgan fingerprint density at radius 3 is 2.50 bits per heavy atom. The molecule has 38 heavy (non-hydrogen) atoms. The molecule has 2 aliphatic heterocycles. The lowest BCUT2D eigenvalue weighted by atomic mass is 10.1. The van der Waals surface area contributed by atoms with Crippen LogP contribution in [0.4, 0.5) is 9.18 Å². The van der Waals surface area contributed by atoms with Crippen molar-refractivity contribution in [1.29, 1.82) is 5.41 Å². The van der Waals surface area contributed by atoms with Crippen LogP contribution in [0.1, 0.15) is 12.0 Å². The number of hydrogen-bond acceptors (Lipinski definition) is 7. The minimum absolute atomic E-state index is 0.117. The van der Waals surface area contributed by atoms with Crippen molar-refractivity contribution in [2.75, 3.05) is 27.2 Å². The van der Waals surface area contributed by atoms with Gasteiger partial charge in [-0.3, -0.25) is 20.0 Å². The van der Waals surface area contributed by atoms with Gasteiger partial charge in [0.05, 0.1) is 17.4 Å². The monoisotopic (exact) mass is 533 g/mol. The van der Waals surface area contributed by atoms with Crippen LogP contribution < -0.4 is 5.32 Å². The zero-order chi connectivity index (χ0) is 26.8. The SMILES string of the molecule is CN1CCC(N2C(=N)/C(=C(\NCc3ccc(-n4ccnc4)cc3)Sc3ccc(F)cc3)C(=O)N(C)C2=O)C1. The summed E-state index contributed by atoms with van der Waals surface area (Å²) in [6.07, 6.45) is 6.02. The number of hydrogen-bond donors (Lipinski definition) is 2. The van der Waals surface area contributed by atoms with E-state index in [1.54, 1.807) is 24.7 Å². The Morgan fingerprint density at radius 2 is 1.87 bits per heavy atom. The third-order valence-corrected chi connectivity index (χ3v) is 7.73. The Kier molecular flexibility index (Phi) is 7.30. The van der Waals surface area contributed by atoms with E-state index >= 15 is 0 Å². The molecule has 3 amide bonds. The molecule has 0 saturated carbocycles. The van der Waals surface area contributed by atoms with E-state index in [2.05, 4.69) is 15.2 Å². The number of halogens is 1. The number of thioether (sulfide) groups is 1. The van der Waals surface area contributed by atoms with Gasteiger partial charge in [0.15, 0.2) is 0 Å². The summed E-state index contributed by atoms with van der Waals surface area (Å²) in [6, 6.07) is 13.1. The summed E-state index contributed by atoms with van der Waals surface area (Å²) < 4.78 is 15.5. The lowest BCUT2D eigenvalue weighted by Gasteiger charge is -2.38. The molecule has 0 bridgehead atoms. The van der Waals surface area contributed by atoms with Gasteiger partial charge >= 0.3 is 6.03 Å². The van der Waals surface area contributed by atoms with E-state index in [9.17, 15) is 14.0 Å². The van der Waals surface area contributed by atoms with E-state index < -0.39 is 11.9 Å².